The molecule has 2 aromatic carbocycles. The van der Waals surface area contributed by atoms with E-state index in [1.165, 1.54) is 26.4 Å². The van der Waals surface area contributed by atoms with Crippen molar-refractivity contribution < 1.29 is 33.0 Å². The predicted molar refractivity (Wildman–Crippen MR) is 138 cm³/mol. The predicted octanol–water partition coefficient (Wildman–Crippen LogP) is 5.52. The first kappa shape index (κ1) is 26.1. The summed E-state index contributed by atoms with van der Waals surface area (Å²) in [7, 11) is 2.72. The lowest BCUT2D eigenvalue weighted by atomic mass is 10.1. The van der Waals surface area contributed by atoms with Crippen LogP contribution in [0.3, 0.4) is 0 Å². The molecule has 1 fully saturated rings. The Labute approximate surface area is 224 Å². The Hall–Kier alpha value is -4.01. The van der Waals surface area contributed by atoms with Crippen molar-refractivity contribution in [2.45, 2.75) is 13.2 Å². The fraction of sp³-hybridized carbons (Fsp3) is 0.154. The van der Waals surface area contributed by atoms with E-state index in [0.29, 0.717) is 27.1 Å². The van der Waals surface area contributed by atoms with Gasteiger partial charge in [-0.1, -0.05) is 34.1 Å². The van der Waals surface area contributed by atoms with Gasteiger partial charge in [0.25, 0.3) is 11.1 Å². The molecular weight excluding hydrogens is 564 g/mol. The number of nitrogens with zero attached hydrogens (tertiary/aromatic N) is 2. The molecule has 9 nitrogen and oxygen atoms in total. The molecule has 0 radical (unpaired) electrons. The van der Waals surface area contributed by atoms with E-state index in [1.807, 2.05) is 12.1 Å². The third-order valence-corrected chi connectivity index (χ3v) is 6.92. The summed E-state index contributed by atoms with van der Waals surface area (Å²) in [5.74, 6) is -0.0486. The fourth-order valence-electron chi connectivity index (χ4n) is 3.45. The van der Waals surface area contributed by atoms with Gasteiger partial charge in [0, 0.05) is 10.0 Å². The van der Waals surface area contributed by atoms with Crippen LogP contribution in [0.2, 0.25) is 0 Å². The summed E-state index contributed by atoms with van der Waals surface area (Å²) in [6, 6.07) is 15.6. The lowest BCUT2D eigenvalue weighted by Crippen LogP contribution is -2.27. The number of esters is 1. The van der Waals surface area contributed by atoms with Crippen LogP contribution in [0.15, 0.2) is 62.3 Å². The molecule has 2 amide bonds. The Morgan fingerprint density at radius 1 is 1.16 bits per heavy atom. The Morgan fingerprint density at radius 3 is 2.68 bits per heavy atom. The van der Waals surface area contributed by atoms with Gasteiger partial charge in [0.2, 0.25) is 5.76 Å². The monoisotopic (exact) mass is 582 g/mol. The molecule has 0 atom stereocenters. The second-order valence-corrected chi connectivity index (χ2v) is 9.46. The number of imide groups is 1. The number of rotatable bonds is 8. The minimum atomic E-state index is -0.652. The average molecular weight is 583 g/mol. The van der Waals surface area contributed by atoms with Gasteiger partial charge in [-0.2, -0.15) is 5.26 Å². The maximum absolute atomic E-state index is 13.0. The molecule has 0 unspecified atom stereocenters. The number of hydrogen-bond donors (Lipinski definition) is 0. The minimum Gasteiger partial charge on any atom is -0.493 e. The van der Waals surface area contributed by atoms with E-state index < -0.39 is 17.1 Å². The summed E-state index contributed by atoms with van der Waals surface area (Å²) in [6.45, 7) is 0.0374. The third kappa shape index (κ3) is 5.71. The molecule has 188 valence electrons. The normalized spacial score (nSPS) is 14.1. The van der Waals surface area contributed by atoms with Crippen LogP contribution in [-0.2, 0) is 22.7 Å². The number of nitriles is 1. The van der Waals surface area contributed by atoms with Crippen LogP contribution >= 0.6 is 27.7 Å². The van der Waals surface area contributed by atoms with Crippen molar-refractivity contribution >= 4 is 50.9 Å². The topological polar surface area (TPSA) is 119 Å². The number of hydrogen-bond acceptors (Lipinski definition) is 9. The number of halogens is 1. The maximum atomic E-state index is 13.0. The number of furan rings is 1. The van der Waals surface area contributed by atoms with Crippen molar-refractivity contribution in [3.05, 3.63) is 86.1 Å². The molecule has 0 N–H and O–H groups in total. The summed E-state index contributed by atoms with van der Waals surface area (Å²) in [5.41, 5.74) is 1.85. The third-order valence-electron chi connectivity index (χ3n) is 5.33. The molecule has 0 aliphatic carbocycles. The highest BCUT2D eigenvalue weighted by atomic mass is 79.9. The summed E-state index contributed by atoms with van der Waals surface area (Å²) < 4.78 is 22.0. The molecule has 1 saturated heterocycles. The average Bonchev–Trinajstić information content (AvgIpc) is 3.48. The molecule has 1 aromatic heterocycles. The highest BCUT2D eigenvalue weighted by molar-refractivity contribution is 9.10. The van der Waals surface area contributed by atoms with Crippen molar-refractivity contribution in [2.24, 2.45) is 0 Å². The van der Waals surface area contributed by atoms with Crippen LogP contribution in [-0.4, -0.2) is 36.2 Å². The second kappa shape index (κ2) is 11.4. The maximum Gasteiger partial charge on any atom is 0.373 e. The number of carbonyl (C=O) groups excluding carboxylic acids is 3. The fourth-order valence-corrected chi connectivity index (χ4v) is 4.72. The van der Waals surface area contributed by atoms with Crippen molar-refractivity contribution in [3.63, 3.8) is 0 Å². The lowest BCUT2D eigenvalue weighted by Gasteiger charge is -2.14. The summed E-state index contributed by atoms with van der Waals surface area (Å²) >= 11 is 4.28. The molecule has 3 aromatic rings. The number of ether oxygens (including phenoxy) is 3. The summed E-state index contributed by atoms with van der Waals surface area (Å²) in [6.07, 6.45) is 1.58. The van der Waals surface area contributed by atoms with Crippen molar-refractivity contribution in [2.75, 3.05) is 14.2 Å². The van der Waals surface area contributed by atoms with E-state index in [0.717, 1.165) is 22.2 Å². The largest absolute Gasteiger partial charge is 0.493 e. The van der Waals surface area contributed by atoms with Gasteiger partial charge in [-0.3, -0.25) is 14.5 Å². The molecule has 0 spiro atoms. The van der Waals surface area contributed by atoms with Crippen LogP contribution < -0.4 is 9.47 Å². The molecule has 37 heavy (non-hydrogen) atoms. The quantitative estimate of drug-likeness (QED) is 0.249. The van der Waals surface area contributed by atoms with Crippen LogP contribution in [0.1, 0.15) is 33.0 Å². The van der Waals surface area contributed by atoms with Gasteiger partial charge < -0.3 is 18.6 Å². The first-order chi connectivity index (χ1) is 17.8. The molecule has 4 rings (SSSR count). The SMILES string of the molecule is COC(=O)c1ccc(CN2C(=O)S/C(=C/c3cc(OC)c(OCc4ccccc4C#N)cc3Br)C2=O)o1. The molecule has 0 saturated carbocycles. The van der Waals surface area contributed by atoms with Gasteiger partial charge in [0.15, 0.2) is 11.5 Å². The zero-order chi connectivity index (χ0) is 26.5. The van der Waals surface area contributed by atoms with E-state index in [9.17, 15) is 19.6 Å². The van der Waals surface area contributed by atoms with E-state index in [-0.39, 0.29) is 29.6 Å². The number of carbonyl (C=O) groups is 3. The van der Waals surface area contributed by atoms with Gasteiger partial charge >= 0.3 is 5.97 Å². The highest BCUT2D eigenvalue weighted by Crippen LogP contribution is 2.38. The van der Waals surface area contributed by atoms with E-state index in [1.54, 1.807) is 30.3 Å². The zero-order valence-electron chi connectivity index (χ0n) is 19.6. The number of thioether (sulfide) groups is 1. The molecule has 0 bridgehead atoms. The first-order valence-electron chi connectivity index (χ1n) is 10.7. The van der Waals surface area contributed by atoms with Crippen molar-refractivity contribution in [1.82, 2.24) is 4.90 Å². The molecule has 1 aliphatic rings. The van der Waals surface area contributed by atoms with Crippen LogP contribution in [0.25, 0.3) is 6.08 Å². The molecule has 11 heteroatoms. The van der Waals surface area contributed by atoms with E-state index in [4.69, 9.17) is 13.9 Å². The van der Waals surface area contributed by atoms with Crippen LogP contribution in [0, 0.1) is 11.3 Å². The number of methoxy groups -OCH3 is 2. The Bertz CT molecular complexity index is 1460. The van der Waals surface area contributed by atoms with Gasteiger partial charge in [0.05, 0.1) is 37.3 Å². The number of amides is 2. The Morgan fingerprint density at radius 2 is 1.95 bits per heavy atom. The van der Waals surface area contributed by atoms with Gasteiger partial charge in [-0.15, -0.1) is 0 Å². The lowest BCUT2D eigenvalue weighted by molar-refractivity contribution is -0.123. The first-order valence-corrected chi connectivity index (χ1v) is 12.4. The van der Waals surface area contributed by atoms with E-state index in [2.05, 4.69) is 26.7 Å². The standard InChI is InChI=1S/C26H19BrN2O7S/c1-33-21-9-17(19(27)11-22(21)35-14-16-6-4-3-5-15(16)12-28)10-23-24(30)29(26(32)37-23)13-18-7-8-20(36-18)25(31)34-2/h3-11H,13-14H2,1-2H3/b23-10+. The van der Waals surface area contributed by atoms with Crippen molar-refractivity contribution in [1.29, 1.82) is 5.26 Å². The summed E-state index contributed by atoms with van der Waals surface area (Å²) in [4.78, 5) is 38.3. The zero-order valence-corrected chi connectivity index (χ0v) is 22.1. The Kier molecular flexibility index (Phi) is 8.01. The molecular formula is C26H19BrN2O7S. The summed E-state index contributed by atoms with van der Waals surface area (Å²) in [5, 5.41) is 8.82. The minimum absolute atomic E-state index is 0.0190. The van der Waals surface area contributed by atoms with Gasteiger partial charge in [0.1, 0.15) is 12.4 Å². The van der Waals surface area contributed by atoms with E-state index >= 15 is 0 Å². The Balaban J connectivity index is 1.52. The van der Waals surface area contributed by atoms with Crippen LogP contribution in [0.5, 0.6) is 11.5 Å². The molecule has 2 heterocycles. The highest BCUT2D eigenvalue weighted by Gasteiger charge is 2.36. The van der Waals surface area contributed by atoms with Crippen LogP contribution in [0.4, 0.5) is 4.79 Å². The van der Waals surface area contributed by atoms with Gasteiger partial charge in [-0.05, 0) is 53.7 Å². The second-order valence-electron chi connectivity index (χ2n) is 7.61. The van der Waals surface area contributed by atoms with Crippen molar-refractivity contribution in [3.8, 4) is 17.6 Å². The van der Waals surface area contributed by atoms with Gasteiger partial charge in [-0.25, -0.2) is 4.79 Å². The molecule has 1 aliphatic heterocycles. The number of benzene rings is 2. The smallest absolute Gasteiger partial charge is 0.373 e.